The lowest BCUT2D eigenvalue weighted by molar-refractivity contribution is 0.0693. The first kappa shape index (κ1) is 12.7. The SMILES string of the molecule is Nc1ccc(C(=O)O)c(Sc2ncccc2Cl)c1. The fraction of sp³-hybridized carbons (Fsp3) is 0. The van der Waals surface area contributed by atoms with Gasteiger partial charge in [-0.2, -0.15) is 0 Å². The molecule has 92 valence electrons. The van der Waals surface area contributed by atoms with Gasteiger partial charge in [-0.25, -0.2) is 9.78 Å². The number of benzene rings is 1. The van der Waals surface area contributed by atoms with E-state index in [0.717, 1.165) is 0 Å². The summed E-state index contributed by atoms with van der Waals surface area (Å²) in [5.74, 6) is -1.01. The highest BCUT2D eigenvalue weighted by atomic mass is 35.5. The summed E-state index contributed by atoms with van der Waals surface area (Å²) in [6.07, 6.45) is 1.60. The van der Waals surface area contributed by atoms with Crippen molar-refractivity contribution in [2.75, 3.05) is 5.73 Å². The number of rotatable bonds is 3. The second kappa shape index (κ2) is 5.29. The van der Waals surface area contributed by atoms with E-state index in [1.165, 1.54) is 17.8 Å². The summed E-state index contributed by atoms with van der Waals surface area (Å²) in [7, 11) is 0. The van der Waals surface area contributed by atoms with E-state index in [9.17, 15) is 4.79 Å². The Morgan fingerprint density at radius 1 is 1.39 bits per heavy atom. The van der Waals surface area contributed by atoms with Crippen molar-refractivity contribution in [3.63, 3.8) is 0 Å². The van der Waals surface area contributed by atoms with Crippen LogP contribution in [0.4, 0.5) is 5.69 Å². The van der Waals surface area contributed by atoms with Crippen LogP contribution in [-0.4, -0.2) is 16.1 Å². The van der Waals surface area contributed by atoms with Gasteiger partial charge in [-0.05, 0) is 30.3 Å². The highest BCUT2D eigenvalue weighted by Gasteiger charge is 2.13. The molecule has 0 aliphatic rings. The molecule has 0 radical (unpaired) electrons. The lowest BCUT2D eigenvalue weighted by atomic mass is 10.2. The van der Waals surface area contributed by atoms with Gasteiger partial charge in [0.2, 0.25) is 0 Å². The Labute approximate surface area is 113 Å². The molecule has 1 aromatic carbocycles. The van der Waals surface area contributed by atoms with Crippen molar-refractivity contribution in [3.8, 4) is 0 Å². The van der Waals surface area contributed by atoms with Crippen molar-refractivity contribution >= 4 is 35.0 Å². The van der Waals surface area contributed by atoms with Crippen molar-refractivity contribution in [1.29, 1.82) is 0 Å². The Morgan fingerprint density at radius 2 is 2.17 bits per heavy atom. The molecular formula is C12H9ClN2O2S. The summed E-state index contributed by atoms with van der Waals surface area (Å²) in [4.78, 5) is 15.7. The van der Waals surface area contributed by atoms with E-state index < -0.39 is 5.97 Å². The van der Waals surface area contributed by atoms with Crippen LogP contribution in [-0.2, 0) is 0 Å². The van der Waals surface area contributed by atoms with Gasteiger partial charge < -0.3 is 10.8 Å². The Kier molecular flexibility index (Phi) is 3.74. The van der Waals surface area contributed by atoms with Gasteiger partial charge >= 0.3 is 5.97 Å². The van der Waals surface area contributed by atoms with Crippen LogP contribution in [0.25, 0.3) is 0 Å². The van der Waals surface area contributed by atoms with E-state index in [0.29, 0.717) is 20.6 Å². The molecule has 0 spiro atoms. The monoisotopic (exact) mass is 280 g/mol. The zero-order valence-corrected chi connectivity index (χ0v) is 10.7. The van der Waals surface area contributed by atoms with Crippen molar-refractivity contribution in [3.05, 3.63) is 47.1 Å². The van der Waals surface area contributed by atoms with Crippen molar-refractivity contribution in [2.24, 2.45) is 0 Å². The predicted octanol–water partition coefficient (Wildman–Crippen LogP) is 3.17. The molecule has 0 amide bonds. The maximum atomic E-state index is 11.1. The number of nitrogens with two attached hydrogens (primary N) is 1. The highest BCUT2D eigenvalue weighted by Crippen LogP contribution is 2.34. The molecule has 18 heavy (non-hydrogen) atoms. The molecule has 0 aliphatic carbocycles. The maximum Gasteiger partial charge on any atom is 0.336 e. The number of hydrogen-bond donors (Lipinski definition) is 2. The molecule has 0 bridgehead atoms. The van der Waals surface area contributed by atoms with Crippen LogP contribution in [0, 0.1) is 0 Å². The van der Waals surface area contributed by atoms with E-state index in [-0.39, 0.29) is 5.56 Å². The summed E-state index contributed by atoms with van der Waals surface area (Å²) in [5, 5.41) is 10.1. The van der Waals surface area contributed by atoms with Crippen LogP contribution in [0.2, 0.25) is 5.02 Å². The van der Waals surface area contributed by atoms with Gasteiger partial charge in [0.15, 0.2) is 0 Å². The molecule has 1 aromatic heterocycles. The number of carboxylic acid groups (broad SMARTS) is 1. The molecule has 0 saturated carbocycles. The number of aromatic nitrogens is 1. The number of hydrogen-bond acceptors (Lipinski definition) is 4. The first-order valence-corrected chi connectivity index (χ1v) is 6.18. The molecule has 0 atom stereocenters. The van der Waals surface area contributed by atoms with Crippen LogP contribution in [0.3, 0.4) is 0 Å². The topological polar surface area (TPSA) is 76.2 Å². The maximum absolute atomic E-state index is 11.1. The van der Waals surface area contributed by atoms with Gasteiger partial charge in [-0.1, -0.05) is 23.4 Å². The summed E-state index contributed by atoms with van der Waals surface area (Å²) in [6.45, 7) is 0. The largest absolute Gasteiger partial charge is 0.478 e. The molecule has 1 heterocycles. The average Bonchev–Trinajstić information content (AvgIpc) is 2.32. The minimum absolute atomic E-state index is 0.177. The minimum atomic E-state index is -1.01. The van der Waals surface area contributed by atoms with Crippen molar-refractivity contribution < 1.29 is 9.90 Å². The predicted molar refractivity (Wildman–Crippen MR) is 71.2 cm³/mol. The third-order valence-electron chi connectivity index (χ3n) is 2.17. The van der Waals surface area contributed by atoms with E-state index in [2.05, 4.69) is 4.98 Å². The van der Waals surface area contributed by atoms with Crippen LogP contribution < -0.4 is 5.73 Å². The number of carbonyl (C=O) groups is 1. The molecule has 2 aromatic rings. The number of aromatic carboxylic acids is 1. The van der Waals surface area contributed by atoms with Gasteiger partial charge in [-0.3, -0.25) is 0 Å². The Hall–Kier alpha value is -1.72. The number of pyridine rings is 1. The zero-order valence-electron chi connectivity index (χ0n) is 9.13. The number of halogens is 1. The second-order valence-corrected chi connectivity index (χ2v) is 4.89. The Morgan fingerprint density at radius 3 is 2.83 bits per heavy atom. The van der Waals surface area contributed by atoms with Crippen molar-refractivity contribution in [1.82, 2.24) is 4.98 Å². The number of anilines is 1. The summed E-state index contributed by atoms with van der Waals surface area (Å²) < 4.78 is 0. The van der Waals surface area contributed by atoms with E-state index >= 15 is 0 Å². The standard InChI is InChI=1S/C12H9ClN2O2S/c13-9-2-1-5-15-11(9)18-10-6-7(14)3-4-8(10)12(16)17/h1-6H,14H2,(H,16,17). The van der Waals surface area contributed by atoms with Gasteiger partial charge in [0, 0.05) is 16.8 Å². The molecule has 0 aliphatic heterocycles. The van der Waals surface area contributed by atoms with E-state index in [1.807, 2.05) is 0 Å². The molecule has 6 heteroatoms. The minimum Gasteiger partial charge on any atom is -0.478 e. The first-order valence-electron chi connectivity index (χ1n) is 4.99. The summed E-state index contributed by atoms with van der Waals surface area (Å²) >= 11 is 7.16. The smallest absolute Gasteiger partial charge is 0.336 e. The van der Waals surface area contributed by atoms with Gasteiger partial charge in [-0.15, -0.1) is 0 Å². The lowest BCUT2D eigenvalue weighted by Gasteiger charge is -2.07. The normalized spacial score (nSPS) is 10.3. The number of nitrogens with zero attached hydrogens (tertiary/aromatic N) is 1. The van der Waals surface area contributed by atoms with Gasteiger partial charge in [0.25, 0.3) is 0 Å². The van der Waals surface area contributed by atoms with Crippen molar-refractivity contribution in [2.45, 2.75) is 9.92 Å². The van der Waals surface area contributed by atoms with Crippen LogP contribution in [0.15, 0.2) is 46.5 Å². The third kappa shape index (κ3) is 2.75. The Balaban J connectivity index is 2.42. The molecule has 0 saturated heterocycles. The first-order chi connectivity index (χ1) is 8.58. The fourth-order valence-electron chi connectivity index (χ4n) is 1.35. The molecule has 0 unspecified atom stereocenters. The third-order valence-corrected chi connectivity index (χ3v) is 3.66. The molecule has 0 fully saturated rings. The quantitative estimate of drug-likeness (QED) is 0.845. The second-order valence-electron chi connectivity index (χ2n) is 3.45. The fourth-order valence-corrected chi connectivity index (χ4v) is 2.54. The van der Waals surface area contributed by atoms with E-state index in [1.54, 1.807) is 30.5 Å². The summed E-state index contributed by atoms with van der Waals surface area (Å²) in [6, 6.07) is 8.02. The van der Waals surface area contributed by atoms with E-state index in [4.69, 9.17) is 22.4 Å². The highest BCUT2D eigenvalue weighted by molar-refractivity contribution is 7.99. The lowest BCUT2D eigenvalue weighted by Crippen LogP contribution is -2.00. The average molecular weight is 281 g/mol. The van der Waals surface area contributed by atoms with Crippen LogP contribution in [0.5, 0.6) is 0 Å². The molecule has 4 nitrogen and oxygen atoms in total. The van der Waals surface area contributed by atoms with Crippen LogP contribution >= 0.6 is 23.4 Å². The van der Waals surface area contributed by atoms with Crippen LogP contribution in [0.1, 0.15) is 10.4 Å². The zero-order chi connectivity index (χ0) is 13.1. The number of carboxylic acids is 1. The molecule has 3 N–H and O–H groups in total. The van der Waals surface area contributed by atoms with Gasteiger partial charge in [0.1, 0.15) is 5.03 Å². The molecular weight excluding hydrogens is 272 g/mol. The Bertz CT molecular complexity index is 604. The summed E-state index contributed by atoms with van der Waals surface area (Å²) in [5.41, 5.74) is 6.33. The van der Waals surface area contributed by atoms with Gasteiger partial charge in [0.05, 0.1) is 10.6 Å². The molecule has 2 rings (SSSR count). The number of nitrogen functional groups attached to an aromatic ring is 1.